The average Bonchev–Trinajstić information content (AvgIpc) is 2.82. The summed E-state index contributed by atoms with van der Waals surface area (Å²) in [5.74, 6) is -0.978. The molecule has 0 saturated heterocycles. The molecule has 1 aromatic rings. The standard InChI is InChI=1S/C8H14N6O3/c1-5(7(15)9-3-4-17-2)10-8(16)6-11-13-14-12-6/h5H,3-4H2,1-2H3,(H,9,15)(H,10,16)(H,11,12,13,14). The van der Waals surface area contributed by atoms with Gasteiger partial charge in [0.25, 0.3) is 11.7 Å². The van der Waals surface area contributed by atoms with E-state index in [0.717, 1.165) is 0 Å². The van der Waals surface area contributed by atoms with Gasteiger partial charge in [0.1, 0.15) is 6.04 Å². The van der Waals surface area contributed by atoms with Crippen LogP contribution in [0.4, 0.5) is 0 Å². The molecule has 0 aliphatic carbocycles. The number of H-pyrrole nitrogens is 1. The fraction of sp³-hybridized carbons (Fsp3) is 0.625. The molecule has 17 heavy (non-hydrogen) atoms. The van der Waals surface area contributed by atoms with E-state index in [1.165, 1.54) is 7.11 Å². The van der Waals surface area contributed by atoms with Crippen LogP contribution < -0.4 is 10.6 Å². The third kappa shape index (κ3) is 4.15. The fourth-order valence-electron chi connectivity index (χ4n) is 1.01. The smallest absolute Gasteiger partial charge is 0.293 e. The van der Waals surface area contributed by atoms with Crippen LogP contribution in [0.2, 0.25) is 0 Å². The minimum atomic E-state index is -0.683. The lowest BCUT2D eigenvalue weighted by Gasteiger charge is -2.12. The average molecular weight is 242 g/mol. The van der Waals surface area contributed by atoms with Crippen molar-refractivity contribution in [1.29, 1.82) is 0 Å². The van der Waals surface area contributed by atoms with Gasteiger partial charge in [0.15, 0.2) is 0 Å². The molecular weight excluding hydrogens is 228 g/mol. The number of nitrogens with zero attached hydrogens (tertiary/aromatic N) is 3. The number of hydrogen-bond donors (Lipinski definition) is 3. The lowest BCUT2D eigenvalue weighted by molar-refractivity contribution is -0.122. The molecule has 0 spiro atoms. The Bertz CT molecular complexity index is 365. The van der Waals surface area contributed by atoms with Gasteiger partial charge >= 0.3 is 0 Å². The number of carbonyl (C=O) groups is 2. The molecule has 9 nitrogen and oxygen atoms in total. The molecule has 94 valence electrons. The van der Waals surface area contributed by atoms with Gasteiger partial charge in [0.2, 0.25) is 5.91 Å². The van der Waals surface area contributed by atoms with E-state index >= 15 is 0 Å². The van der Waals surface area contributed by atoms with Crippen molar-refractivity contribution in [2.75, 3.05) is 20.3 Å². The molecule has 0 aliphatic rings. The molecule has 2 amide bonds. The van der Waals surface area contributed by atoms with E-state index in [1.54, 1.807) is 6.92 Å². The van der Waals surface area contributed by atoms with Crippen LogP contribution in [-0.2, 0) is 9.53 Å². The number of carbonyl (C=O) groups excluding carboxylic acids is 2. The minimum absolute atomic E-state index is 0.110. The van der Waals surface area contributed by atoms with E-state index in [9.17, 15) is 9.59 Å². The quantitative estimate of drug-likeness (QED) is 0.500. The number of amides is 2. The fourth-order valence-corrected chi connectivity index (χ4v) is 1.01. The summed E-state index contributed by atoms with van der Waals surface area (Å²) in [6.07, 6.45) is 0. The lowest BCUT2D eigenvalue weighted by Crippen LogP contribution is -2.45. The first-order valence-electron chi connectivity index (χ1n) is 4.96. The van der Waals surface area contributed by atoms with Crippen LogP contribution in [0.1, 0.15) is 17.5 Å². The molecule has 3 N–H and O–H groups in total. The monoisotopic (exact) mass is 242 g/mol. The van der Waals surface area contributed by atoms with Gasteiger partial charge in [0, 0.05) is 13.7 Å². The molecule has 1 atom stereocenters. The number of aromatic amines is 1. The van der Waals surface area contributed by atoms with Crippen molar-refractivity contribution >= 4 is 11.8 Å². The molecule has 1 aromatic heterocycles. The summed E-state index contributed by atoms with van der Waals surface area (Å²) >= 11 is 0. The van der Waals surface area contributed by atoms with Gasteiger partial charge < -0.3 is 15.4 Å². The number of hydrogen-bond acceptors (Lipinski definition) is 6. The Kier molecular flexibility index (Phi) is 5.01. The highest BCUT2D eigenvalue weighted by Gasteiger charge is 2.18. The zero-order chi connectivity index (χ0) is 12.7. The minimum Gasteiger partial charge on any atom is -0.383 e. The van der Waals surface area contributed by atoms with Crippen molar-refractivity contribution in [3.8, 4) is 0 Å². The maximum Gasteiger partial charge on any atom is 0.293 e. The molecule has 1 unspecified atom stereocenters. The summed E-state index contributed by atoms with van der Waals surface area (Å²) in [6.45, 7) is 2.36. The first-order chi connectivity index (χ1) is 8.15. The summed E-state index contributed by atoms with van der Waals surface area (Å²) in [4.78, 5) is 22.9. The molecule has 1 rings (SSSR count). The second-order valence-electron chi connectivity index (χ2n) is 3.21. The van der Waals surface area contributed by atoms with Gasteiger partial charge in [-0.2, -0.15) is 5.21 Å². The summed E-state index contributed by atoms with van der Waals surface area (Å²) in [7, 11) is 1.54. The Morgan fingerprint density at radius 2 is 2.29 bits per heavy atom. The molecule has 0 aromatic carbocycles. The van der Waals surface area contributed by atoms with Crippen LogP contribution in [0.15, 0.2) is 0 Å². The maximum atomic E-state index is 11.5. The van der Waals surface area contributed by atoms with Crippen molar-refractivity contribution in [1.82, 2.24) is 31.3 Å². The van der Waals surface area contributed by atoms with Crippen molar-refractivity contribution in [3.05, 3.63) is 5.82 Å². The highest BCUT2D eigenvalue weighted by Crippen LogP contribution is 1.88. The summed E-state index contributed by atoms with van der Waals surface area (Å²) in [5.41, 5.74) is 0. The zero-order valence-electron chi connectivity index (χ0n) is 9.56. The van der Waals surface area contributed by atoms with E-state index in [4.69, 9.17) is 4.74 Å². The summed E-state index contributed by atoms with van der Waals surface area (Å²) in [5, 5.41) is 17.4. The molecule has 0 fully saturated rings. The zero-order valence-corrected chi connectivity index (χ0v) is 9.56. The Balaban J connectivity index is 2.35. The highest BCUT2D eigenvalue weighted by atomic mass is 16.5. The predicted molar refractivity (Wildman–Crippen MR) is 56.0 cm³/mol. The number of ether oxygens (including phenoxy) is 1. The number of aromatic nitrogens is 4. The topological polar surface area (TPSA) is 122 Å². The second kappa shape index (κ2) is 6.53. The highest BCUT2D eigenvalue weighted by molar-refractivity contribution is 5.94. The third-order valence-corrected chi connectivity index (χ3v) is 1.89. The van der Waals surface area contributed by atoms with Crippen LogP contribution in [0.5, 0.6) is 0 Å². The van der Waals surface area contributed by atoms with Crippen molar-refractivity contribution in [3.63, 3.8) is 0 Å². The Morgan fingerprint density at radius 1 is 1.53 bits per heavy atom. The van der Waals surface area contributed by atoms with Gasteiger partial charge in [-0.15, -0.1) is 10.2 Å². The maximum absolute atomic E-state index is 11.5. The Morgan fingerprint density at radius 3 is 2.88 bits per heavy atom. The first kappa shape index (κ1) is 13.0. The van der Waals surface area contributed by atoms with E-state index in [1.807, 2.05) is 0 Å². The van der Waals surface area contributed by atoms with Crippen LogP contribution >= 0.6 is 0 Å². The van der Waals surface area contributed by atoms with E-state index in [-0.39, 0.29) is 11.7 Å². The number of rotatable bonds is 6. The van der Waals surface area contributed by atoms with Crippen molar-refractivity contribution < 1.29 is 14.3 Å². The number of methoxy groups -OCH3 is 1. The molecule has 0 radical (unpaired) electrons. The largest absolute Gasteiger partial charge is 0.383 e. The van der Waals surface area contributed by atoms with Crippen LogP contribution in [-0.4, -0.2) is 58.7 Å². The molecular formula is C8H14N6O3. The lowest BCUT2D eigenvalue weighted by atomic mass is 10.3. The molecule has 0 bridgehead atoms. The van der Waals surface area contributed by atoms with Gasteiger partial charge in [-0.3, -0.25) is 9.59 Å². The first-order valence-corrected chi connectivity index (χ1v) is 4.96. The van der Waals surface area contributed by atoms with Gasteiger partial charge in [-0.1, -0.05) is 0 Å². The van der Waals surface area contributed by atoms with Crippen molar-refractivity contribution in [2.45, 2.75) is 13.0 Å². The third-order valence-electron chi connectivity index (χ3n) is 1.89. The van der Waals surface area contributed by atoms with Gasteiger partial charge in [0.05, 0.1) is 6.61 Å². The van der Waals surface area contributed by atoms with E-state index < -0.39 is 11.9 Å². The van der Waals surface area contributed by atoms with Crippen molar-refractivity contribution in [2.24, 2.45) is 0 Å². The van der Waals surface area contributed by atoms with Gasteiger partial charge in [-0.25, -0.2) is 0 Å². The van der Waals surface area contributed by atoms with Crippen LogP contribution in [0.25, 0.3) is 0 Å². The molecule has 9 heteroatoms. The van der Waals surface area contributed by atoms with Gasteiger partial charge in [-0.05, 0) is 12.1 Å². The number of nitrogens with one attached hydrogen (secondary N) is 3. The SMILES string of the molecule is COCCNC(=O)C(C)NC(=O)c1nn[nH]n1. The normalized spacial score (nSPS) is 11.9. The second-order valence-corrected chi connectivity index (χ2v) is 3.21. The number of tetrazole rings is 1. The van der Waals surface area contributed by atoms with E-state index in [2.05, 4.69) is 31.3 Å². The molecule has 0 aliphatic heterocycles. The van der Waals surface area contributed by atoms with Crippen LogP contribution in [0, 0.1) is 0 Å². The summed E-state index contributed by atoms with van der Waals surface area (Å²) < 4.78 is 4.78. The molecule has 0 saturated carbocycles. The Hall–Kier alpha value is -2.03. The summed E-state index contributed by atoms with van der Waals surface area (Å²) in [6, 6.07) is -0.683. The predicted octanol–water partition coefficient (Wildman–Crippen LogP) is -1.92. The van der Waals surface area contributed by atoms with E-state index in [0.29, 0.717) is 13.2 Å². The molecule has 1 heterocycles. The Labute approximate surface area is 97.3 Å². The van der Waals surface area contributed by atoms with Crippen LogP contribution in [0.3, 0.4) is 0 Å².